The van der Waals surface area contributed by atoms with Crippen LogP contribution in [-0.2, 0) is 4.79 Å². The second kappa shape index (κ2) is 6.15. The number of aromatic nitrogens is 1. The number of aromatic carboxylic acids is 1. The molecule has 0 amide bonds. The van der Waals surface area contributed by atoms with Crippen LogP contribution in [0.5, 0.6) is 0 Å². The summed E-state index contributed by atoms with van der Waals surface area (Å²) in [6.07, 6.45) is 0.833. The van der Waals surface area contributed by atoms with E-state index in [1.165, 1.54) is 6.07 Å². The van der Waals surface area contributed by atoms with Crippen LogP contribution in [0.15, 0.2) is 49.1 Å². The highest BCUT2D eigenvalue weighted by Gasteiger charge is 2.03. The molecular formula is C13H11NO4. The molecule has 0 aliphatic heterocycles. The van der Waals surface area contributed by atoms with Gasteiger partial charge in [0.05, 0.1) is 5.52 Å². The third-order valence-corrected chi connectivity index (χ3v) is 1.99. The predicted octanol–water partition coefficient (Wildman–Crippen LogP) is 2.19. The van der Waals surface area contributed by atoms with Crippen LogP contribution in [0.4, 0.5) is 0 Å². The molecule has 2 aromatic rings. The van der Waals surface area contributed by atoms with Crippen LogP contribution in [0, 0.1) is 0 Å². The summed E-state index contributed by atoms with van der Waals surface area (Å²) in [4.78, 5) is 23.8. The molecule has 0 aliphatic carbocycles. The van der Waals surface area contributed by atoms with E-state index in [1.54, 1.807) is 12.1 Å². The maximum Gasteiger partial charge on any atom is 0.354 e. The van der Waals surface area contributed by atoms with Gasteiger partial charge >= 0.3 is 11.9 Å². The second-order valence-corrected chi connectivity index (χ2v) is 3.24. The van der Waals surface area contributed by atoms with Gasteiger partial charge in [-0.3, -0.25) is 0 Å². The average Bonchev–Trinajstić information content (AvgIpc) is 2.38. The van der Waals surface area contributed by atoms with Crippen LogP contribution in [-0.4, -0.2) is 27.1 Å². The summed E-state index contributed by atoms with van der Waals surface area (Å²) in [7, 11) is 0. The van der Waals surface area contributed by atoms with Crippen LogP contribution in [0.1, 0.15) is 10.5 Å². The summed E-state index contributed by atoms with van der Waals surface area (Å²) in [6.45, 7) is 2.96. The van der Waals surface area contributed by atoms with Crippen molar-refractivity contribution in [2.24, 2.45) is 0 Å². The molecule has 0 unspecified atom stereocenters. The largest absolute Gasteiger partial charge is 0.478 e. The molecule has 1 heterocycles. The number of pyridine rings is 1. The normalized spacial score (nSPS) is 9.11. The van der Waals surface area contributed by atoms with E-state index >= 15 is 0 Å². The Kier molecular flexibility index (Phi) is 4.57. The number of hydrogen-bond acceptors (Lipinski definition) is 3. The Morgan fingerprint density at radius 1 is 1.11 bits per heavy atom. The number of hydrogen-bond donors (Lipinski definition) is 2. The maximum atomic E-state index is 10.6. The second-order valence-electron chi connectivity index (χ2n) is 3.24. The van der Waals surface area contributed by atoms with Gasteiger partial charge in [-0.25, -0.2) is 14.6 Å². The third kappa shape index (κ3) is 3.71. The summed E-state index contributed by atoms with van der Waals surface area (Å²) < 4.78 is 0. The molecule has 2 rings (SSSR count). The number of carboxylic acids is 2. The lowest BCUT2D eigenvalue weighted by Gasteiger charge is -1.97. The number of carbonyl (C=O) groups is 2. The number of carboxylic acid groups (broad SMARTS) is 2. The van der Waals surface area contributed by atoms with Gasteiger partial charge in [0.25, 0.3) is 0 Å². The molecule has 0 fully saturated rings. The van der Waals surface area contributed by atoms with Gasteiger partial charge in [-0.1, -0.05) is 30.8 Å². The molecule has 1 aromatic carbocycles. The Hall–Kier alpha value is -2.69. The smallest absolute Gasteiger partial charge is 0.354 e. The van der Waals surface area contributed by atoms with Gasteiger partial charge in [0.2, 0.25) is 0 Å². The van der Waals surface area contributed by atoms with Gasteiger partial charge in [-0.2, -0.15) is 0 Å². The Labute approximate surface area is 103 Å². The van der Waals surface area contributed by atoms with Crippen LogP contribution in [0.25, 0.3) is 10.9 Å². The number of aliphatic carboxylic acids is 1. The molecule has 0 saturated heterocycles. The number of rotatable bonds is 2. The highest BCUT2D eigenvalue weighted by atomic mass is 16.4. The number of nitrogens with zero attached hydrogens (tertiary/aromatic N) is 1. The zero-order valence-corrected chi connectivity index (χ0v) is 9.41. The molecule has 0 atom stereocenters. The summed E-state index contributed by atoms with van der Waals surface area (Å²) in [5.74, 6) is -1.98. The lowest BCUT2D eigenvalue weighted by Crippen LogP contribution is -1.99. The first kappa shape index (κ1) is 13.4. The molecule has 0 saturated carbocycles. The summed E-state index contributed by atoms with van der Waals surface area (Å²) in [5.41, 5.74) is 0.793. The molecule has 92 valence electrons. The van der Waals surface area contributed by atoms with E-state index in [9.17, 15) is 9.59 Å². The number of benzene rings is 1. The summed E-state index contributed by atoms with van der Waals surface area (Å²) in [5, 5.41) is 17.2. The van der Waals surface area contributed by atoms with E-state index in [0.29, 0.717) is 5.52 Å². The van der Waals surface area contributed by atoms with Crippen molar-refractivity contribution in [2.75, 3.05) is 0 Å². The summed E-state index contributed by atoms with van der Waals surface area (Å²) in [6, 6.07) is 10.7. The molecule has 0 radical (unpaired) electrons. The minimum absolute atomic E-state index is 0.0821. The molecular weight excluding hydrogens is 234 g/mol. The first-order valence-corrected chi connectivity index (χ1v) is 4.99. The van der Waals surface area contributed by atoms with Crippen molar-refractivity contribution in [3.63, 3.8) is 0 Å². The van der Waals surface area contributed by atoms with E-state index in [1.807, 2.05) is 18.2 Å². The van der Waals surface area contributed by atoms with Crippen molar-refractivity contribution in [1.82, 2.24) is 4.98 Å². The fraction of sp³-hybridized carbons (Fsp3) is 0. The first-order valence-electron chi connectivity index (χ1n) is 4.99. The van der Waals surface area contributed by atoms with Crippen molar-refractivity contribution in [1.29, 1.82) is 0 Å². The lowest BCUT2D eigenvalue weighted by atomic mass is 10.2. The SMILES string of the molecule is C=CC(=O)O.O=C(O)c1ccc2ccccc2n1. The highest BCUT2D eigenvalue weighted by Crippen LogP contribution is 2.11. The Morgan fingerprint density at radius 3 is 2.28 bits per heavy atom. The van der Waals surface area contributed by atoms with Crippen molar-refractivity contribution in [3.8, 4) is 0 Å². The van der Waals surface area contributed by atoms with Crippen molar-refractivity contribution in [3.05, 3.63) is 54.7 Å². The Balaban J connectivity index is 0.000000280. The monoisotopic (exact) mass is 245 g/mol. The van der Waals surface area contributed by atoms with E-state index in [4.69, 9.17) is 10.2 Å². The van der Waals surface area contributed by atoms with Gasteiger partial charge in [0.1, 0.15) is 5.69 Å². The van der Waals surface area contributed by atoms with Crippen molar-refractivity contribution in [2.45, 2.75) is 0 Å². The lowest BCUT2D eigenvalue weighted by molar-refractivity contribution is -0.131. The molecule has 2 N–H and O–H groups in total. The zero-order valence-electron chi connectivity index (χ0n) is 9.41. The van der Waals surface area contributed by atoms with Crippen molar-refractivity contribution >= 4 is 22.8 Å². The van der Waals surface area contributed by atoms with E-state index in [-0.39, 0.29) is 5.69 Å². The van der Waals surface area contributed by atoms with Crippen LogP contribution in [0.2, 0.25) is 0 Å². The minimum Gasteiger partial charge on any atom is -0.478 e. The molecule has 18 heavy (non-hydrogen) atoms. The van der Waals surface area contributed by atoms with Gasteiger partial charge in [0, 0.05) is 11.5 Å². The predicted molar refractivity (Wildman–Crippen MR) is 66.5 cm³/mol. The van der Waals surface area contributed by atoms with Crippen LogP contribution < -0.4 is 0 Å². The van der Waals surface area contributed by atoms with Gasteiger partial charge < -0.3 is 10.2 Å². The topological polar surface area (TPSA) is 87.5 Å². The quantitative estimate of drug-likeness (QED) is 0.792. The zero-order chi connectivity index (χ0) is 13.5. The molecule has 0 spiro atoms. The van der Waals surface area contributed by atoms with Crippen molar-refractivity contribution < 1.29 is 19.8 Å². The first-order chi connectivity index (χ1) is 8.54. The number of para-hydroxylation sites is 1. The molecule has 0 bridgehead atoms. The molecule has 5 heteroatoms. The minimum atomic E-state index is -0.995. The van der Waals surface area contributed by atoms with Crippen LogP contribution in [0.3, 0.4) is 0 Å². The standard InChI is InChI=1S/C10H7NO2.C3H4O2/c12-10(13)9-6-5-7-3-1-2-4-8(7)11-9;1-2-3(4)5/h1-6H,(H,12,13);2H,1H2,(H,4,5). The molecule has 5 nitrogen and oxygen atoms in total. The van der Waals surface area contributed by atoms with Gasteiger partial charge in [-0.05, 0) is 12.1 Å². The van der Waals surface area contributed by atoms with E-state index < -0.39 is 11.9 Å². The van der Waals surface area contributed by atoms with E-state index in [0.717, 1.165) is 11.5 Å². The van der Waals surface area contributed by atoms with Gasteiger partial charge in [-0.15, -0.1) is 0 Å². The van der Waals surface area contributed by atoms with E-state index in [2.05, 4.69) is 11.6 Å². The number of fused-ring (bicyclic) bond motifs is 1. The molecule has 0 aliphatic rings. The molecule has 1 aromatic heterocycles. The summed E-state index contributed by atoms with van der Waals surface area (Å²) >= 11 is 0. The fourth-order valence-electron chi connectivity index (χ4n) is 1.19. The highest BCUT2D eigenvalue weighted by molar-refractivity contribution is 5.89. The van der Waals surface area contributed by atoms with Gasteiger partial charge in [0.15, 0.2) is 0 Å². The van der Waals surface area contributed by atoms with Crippen LogP contribution >= 0.6 is 0 Å². The Bertz CT molecular complexity index is 592. The Morgan fingerprint density at radius 2 is 1.72 bits per heavy atom. The average molecular weight is 245 g/mol. The fourth-order valence-corrected chi connectivity index (χ4v) is 1.19. The third-order valence-electron chi connectivity index (χ3n) is 1.99. The maximum absolute atomic E-state index is 10.6.